The number of rotatable bonds is 5. The number of halogens is 1. The van der Waals surface area contributed by atoms with Crippen molar-refractivity contribution in [1.82, 2.24) is 4.31 Å². The van der Waals surface area contributed by atoms with E-state index >= 15 is 0 Å². The SMILES string of the molecule is Cc1cc([N+](=O)[O-])c(S(=O)(=O)N2CCCCC2CCN)cc1C.Cl. The summed E-state index contributed by atoms with van der Waals surface area (Å²) >= 11 is 0. The maximum absolute atomic E-state index is 13.0. The Labute approximate surface area is 148 Å². The predicted molar refractivity (Wildman–Crippen MR) is 95.0 cm³/mol. The summed E-state index contributed by atoms with van der Waals surface area (Å²) in [5.74, 6) is 0. The number of nitro groups is 1. The Balaban J connectivity index is 0.00000288. The molecule has 1 aliphatic rings. The van der Waals surface area contributed by atoms with E-state index in [-0.39, 0.29) is 29.0 Å². The molecule has 2 N–H and O–H groups in total. The van der Waals surface area contributed by atoms with Crippen LogP contribution < -0.4 is 5.73 Å². The number of nitrogens with two attached hydrogens (primary N) is 1. The zero-order valence-electron chi connectivity index (χ0n) is 13.9. The van der Waals surface area contributed by atoms with Crippen LogP contribution in [-0.4, -0.2) is 36.8 Å². The molecule has 0 aliphatic carbocycles. The molecule has 7 nitrogen and oxygen atoms in total. The van der Waals surface area contributed by atoms with Crippen molar-refractivity contribution >= 4 is 28.1 Å². The molecule has 136 valence electrons. The minimum absolute atomic E-state index is 0. The summed E-state index contributed by atoms with van der Waals surface area (Å²) in [7, 11) is -3.91. The van der Waals surface area contributed by atoms with Crippen molar-refractivity contribution in [2.75, 3.05) is 13.1 Å². The molecule has 1 aromatic rings. The van der Waals surface area contributed by atoms with Gasteiger partial charge < -0.3 is 5.73 Å². The van der Waals surface area contributed by atoms with Gasteiger partial charge in [-0.15, -0.1) is 12.4 Å². The van der Waals surface area contributed by atoms with Crippen molar-refractivity contribution in [2.24, 2.45) is 5.73 Å². The molecule has 2 rings (SSSR count). The lowest BCUT2D eigenvalue weighted by atomic mass is 10.0. The van der Waals surface area contributed by atoms with Gasteiger partial charge in [-0.25, -0.2) is 8.42 Å². The van der Waals surface area contributed by atoms with Crippen molar-refractivity contribution in [2.45, 2.75) is 50.5 Å². The van der Waals surface area contributed by atoms with Gasteiger partial charge in [0.05, 0.1) is 4.92 Å². The minimum Gasteiger partial charge on any atom is -0.330 e. The molecule has 0 radical (unpaired) electrons. The third-order valence-electron chi connectivity index (χ3n) is 4.43. The standard InChI is InChI=1S/C15H23N3O4S.ClH/c1-11-9-14(18(19)20)15(10-12(11)2)23(21,22)17-8-4-3-5-13(17)6-7-16;/h9-10,13H,3-8,16H2,1-2H3;1H. The van der Waals surface area contributed by atoms with Crippen LogP contribution in [0.4, 0.5) is 5.69 Å². The highest BCUT2D eigenvalue weighted by Gasteiger charge is 2.37. The van der Waals surface area contributed by atoms with Crippen LogP contribution in [0.1, 0.15) is 36.8 Å². The molecule has 0 amide bonds. The van der Waals surface area contributed by atoms with Crippen molar-refractivity contribution in [3.63, 3.8) is 0 Å². The predicted octanol–water partition coefficient (Wildman–Crippen LogP) is 2.53. The number of benzene rings is 1. The average molecular weight is 378 g/mol. The van der Waals surface area contributed by atoms with Crippen LogP contribution in [0.25, 0.3) is 0 Å². The fourth-order valence-corrected chi connectivity index (χ4v) is 4.97. The van der Waals surface area contributed by atoms with Gasteiger partial charge in [-0.1, -0.05) is 6.42 Å². The molecule has 0 bridgehead atoms. The summed E-state index contributed by atoms with van der Waals surface area (Å²) in [5, 5.41) is 11.3. The molecular weight excluding hydrogens is 354 g/mol. The molecular formula is C15H24ClN3O4S. The number of hydrogen-bond acceptors (Lipinski definition) is 5. The summed E-state index contributed by atoms with van der Waals surface area (Å²) in [5.41, 5.74) is 6.66. The third-order valence-corrected chi connectivity index (χ3v) is 6.41. The molecule has 1 aliphatic heterocycles. The van der Waals surface area contributed by atoms with E-state index in [0.29, 0.717) is 25.1 Å². The largest absolute Gasteiger partial charge is 0.330 e. The van der Waals surface area contributed by atoms with Crippen molar-refractivity contribution in [3.8, 4) is 0 Å². The Kier molecular flexibility index (Phi) is 7.15. The Morgan fingerprint density at radius 3 is 2.50 bits per heavy atom. The molecule has 1 unspecified atom stereocenters. The third kappa shape index (κ3) is 4.05. The normalized spacial score (nSPS) is 18.9. The molecule has 1 heterocycles. The Morgan fingerprint density at radius 1 is 1.29 bits per heavy atom. The second-order valence-electron chi connectivity index (χ2n) is 6.00. The first-order valence-corrected chi connectivity index (χ1v) is 9.20. The fourth-order valence-electron chi connectivity index (χ4n) is 3.02. The highest BCUT2D eigenvalue weighted by Crippen LogP contribution is 2.33. The highest BCUT2D eigenvalue weighted by molar-refractivity contribution is 7.89. The number of aryl methyl sites for hydroxylation is 2. The van der Waals surface area contributed by atoms with Crippen molar-refractivity contribution in [1.29, 1.82) is 0 Å². The molecule has 9 heteroatoms. The lowest BCUT2D eigenvalue weighted by Gasteiger charge is -2.34. The molecule has 1 atom stereocenters. The van der Waals surface area contributed by atoms with Crippen LogP contribution in [-0.2, 0) is 10.0 Å². The average Bonchev–Trinajstić information content (AvgIpc) is 2.50. The van der Waals surface area contributed by atoms with Crippen LogP contribution in [0.2, 0.25) is 0 Å². The molecule has 0 saturated carbocycles. The highest BCUT2D eigenvalue weighted by atomic mass is 35.5. The minimum atomic E-state index is -3.91. The van der Waals surface area contributed by atoms with Crippen LogP contribution in [0.3, 0.4) is 0 Å². The van der Waals surface area contributed by atoms with E-state index in [9.17, 15) is 18.5 Å². The Bertz CT molecular complexity index is 707. The zero-order valence-corrected chi connectivity index (χ0v) is 15.5. The molecule has 0 spiro atoms. The van der Waals surface area contributed by atoms with Gasteiger partial charge in [-0.3, -0.25) is 10.1 Å². The lowest BCUT2D eigenvalue weighted by molar-refractivity contribution is -0.387. The van der Waals surface area contributed by atoms with Gasteiger partial charge in [0.25, 0.3) is 5.69 Å². The van der Waals surface area contributed by atoms with Crippen LogP contribution in [0, 0.1) is 24.0 Å². The zero-order chi connectivity index (χ0) is 17.2. The summed E-state index contributed by atoms with van der Waals surface area (Å²) in [6.07, 6.45) is 3.03. The van der Waals surface area contributed by atoms with Crippen LogP contribution >= 0.6 is 12.4 Å². The van der Waals surface area contributed by atoms with Gasteiger partial charge >= 0.3 is 0 Å². The van der Waals surface area contributed by atoms with Crippen molar-refractivity contribution < 1.29 is 13.3 Å². The number of hydrogen-bond donors (Lipinski definition) is 1. The lowest BCUT2D eigenvalue weighted by Crippen LogP contribution is -2.44. The van der Waals surface area contributed by atoms with E-state index in [1.54, 1.807) is 13.8 Å². The molecule has 1 saturated heterocycles. The summed E-state index contributed by atoms with van der Waals surface area (Å²) < 4.78 is 27.5. The summed E-state index contributed by atoms with van der Waals surface area (Å²) in [4.78, 5) is 10.5. The number of nitro benzene ring substituents is 1. The first-order chi connectivity index (χ1) is 10.8. The quantitative estimate of drug-likeness (QED) is 0.626. The Morgan fingerprint density at radius 2 is 1.92 bits per heavy atom. The van der Waals surface area contributed by atoms with E-state index in [4.69, 9.17) is 5.73 Å². The number of piperidine rings is 1. The van der Waals surface area contributed by atoms with E-state index in [0.717, 1.165) is 24.8 Å². The van der Waals surface area contributed by atoms with Gasteiger partial charge in [-0.05, 0) is 56.8 Å². The molecule has 1 fully saturated rings. The van der Waals surface area contributed by atoms with E-state index in [1.165, 1.54) is 16.4 Å². The van der Waals surface area contributed by atoms with Crippen LogP contribution in [0.15, 0.2) is 17.0 Å². The summed E-state index contributed by atoms with van der Waals surface area (Å²) in [6, 6.07) is 2.57. The number of sulfonamides is 1. The molecule has 24 heavy (non-hydrogen) atoms. The van der Waals surface area contributed by atoms with E-state index in [1.807, 2.05) is 0 Å². The van der Waals surface area contributed by atoms with Gasteiger partial charge in [0.2, 0.25) is 10.0 Å². The topological polar surface area (TPSA) is 107 Å². The maximum atomic E-state index is 13.0. The van der Waals surface area contributed by atoms with Crippen LogP contribution in [0.5, 0.6) is 0 Å². The maximum Gasteiger partial charge on any atom is 0.289 e. The number of nitrogens with zero attached hydrogens (tertiary/aromatic N) is 2. The monoisotopic (exact) mass is 377 g/mol. The molecule has 0 aromatic heterocycles. The Hall–Kier alpha value is -1.22. The van der Waals surface area contributed by atoms with Crippen molar-refractivity contribution in [3.05, 3.63) is 33.4 Å². The van der Waals surface area contributed by atoms with E-state index in [2.05, 4.69) is 0 Å². The first-order valence-electron chi connectivity index (χ1n) is 7.76. The van der Waals surface area contributed by atoms with Gasteiger partial charge in [0.1, 0.15) is 0 Å². The fraction of sp³-hybridized carbons (Fsp3) is 0.600. The summed E-state index contributed by atoms with van der Waals surface area (Å²) in [6.45, 7) is 4.27. The smallest absolute Gasteiger partial charge is 0.289 e. The van der Waals surface area contributed by atoms with E-state index < -0.39 is 14.9 Å². The molecule has 1 aromatic carbocycles. The first kappa shape index (κ1) is 20.8. The van der Waals surface area contributed by atoms with Gasteiger partial charge in [-0.2, -0.15) is 4.31 Å². The van der Waals surface area contributed by atoms with Gasteiger partial charge in [0.15, 0.2) is 4.90 Å². The second-order valence-corrected chi connectivity index (χ2v) is 7.86. The van der Waals surface area contributed by atoms with Gasteiger partial charge in [0, 0.05) is 18.7 Å². The second kappa shape index (κ2) is 8.24.